The molecule has 1 N–H and O–H groups in total. The summed E-state index contributed by atoms with van der Waals surface area (Å²) >= 11 is 0. The Kier molecular flexibility index (Phi) is 4.66. The predicted octanol–water partition coefficient (Wildman–Crippen LogP) is 2.59. The van der Waals surface area contributed by atoms with E-state index >= 15 is 0 Å². The van der Waals surface area contributed by atoms with E-state index in [0.717, 1.165) is 16.9 Å². The molecule has 0 aliphatic rings. The second-order valence-corrected chi connectivity index (χ2v) is 4.47. The molecule has 1 amide bonds. The molecule has 0 atom stereocenters. The number of hydrogen-bond donors (Lipinski definition) is 1. The average Bonchev–Trinajstić information content (AvgIpc) is 2.50. The van der Waals surface area contributed by atoms with Crippen LogP contribution in [0.2, 0.25) is 0 Å². The van der Waals surface area contributed by atoms with E-state index in [4.69, 9.17) is 4.74 Å². The Balaban J connectivity index is 2.24. The molecule has 5 nitrogen and oxygen atoms in total. The minimum atomic E-state index is -0.244. The Labute approximate surface area is 123 Å². The van der Waals surface area contributed by atoms with Crippen molar-refractivity contribution in [3.8, 4) is 11.5 Å². The fraction of sp³-hybridized carbons (Fsp3) is 0.188. The summed E-state index contributed by atoms with van der Waals surface area (Å²) in [4.78, 5) is 19.5. The van der Waals surface area contributed by atoms with Gasteiger partial charge in [0.1, 0.15) is 17.2 Å². The van der Waals surface area contributed by atoms with Crippen molar-refractivity contribution in [2.75, 3.05) is 14.1 Å². The van der Waals surface area contributed by atoms with E-state index in [1.165, 1.54) is 0 Å². The predicted molar refractivity (Wildman–Crippen MR) is 82.4 cm³/mol. The lowest BCUT2D eigenvalue weighted by Crippen LogP contribution is -2.18. The number of rotatable bonds is 4. The number of nitrogens with one attached hydrogen (secondary N) is 1. The third-order valence-electron chi connectivity index (χ3n) is 2.90. The Morgan fingerprint density at radius 2 is 2.14 bits per heavy atom. The standard InChI is InChI=1S/C16H17N3O2/c1-11-8-12(10-17-2)4-5-15(11)21-13-6-7-19-14(9-13)16(20)18-3/h4-10H,1-3H3,(H,18,20). The molecule has 21 heavy (non-hydrogen) atoms. The summed E-state index contributed by atoms with van der Waals surface area (Å²) < 4.78 is 5.81. The van der Waals surface area contributed by atoms with Crippen molar-refractivity contribution in [2.45, 2.75) is 6.92 Å². The molecule has 0 aliphatic carbocycles. The minimum absolute atomic E-state index is 0.244. The van der Waals surface area contributed by atoms with Gasteiger partial charge >= 0.3 is 0 Å². The van der Waals surface area contributed by atoms with Crippen LogP contribution in [0.25, 0.3) is 0 Å². The highest BCUT2D eigenvalue weighted by Gasteiger charge is 2.08. The molecule has 0 bridgehead atoms. The molecule has 2 aromatic rings. The molecule has 2 rings (SSSR count). The molecule has 1 heterocycles. The zero-order chi connectivity index (χ0) is 15.2. The van der Waals surface area contributed by atoms with Crippen LogP contribution in [0.5, 0.6) is 11.5 Å². The maximum atomic E-state index is 11.6. The quantitative estimate of drug-likeness (QED) is 0.877. The topological polar surface area (TPSA) is 63.6 Å². The number of amides is 1. The maximum Gasteiger partial charge on any atom is 0.269 e. The molecule has 1 aromatic carbocycles. The van der Waals surface area contributed by atoms with Gasteiger partial charge in [-0.25, -0.2) is 0 Å². The number of pyridine rings is 1. The van der Waals surface area contributed by atoms with Gasteiger partial charge in [0.25, 0.3) is 5.91 Å². The van der Waals surface area contributed by atoms with Crippen LogP contribution in [0.3, 0.4) is 0 Å². The van der Waals surface area contributed by atoms with Crippen molar-refractivity contribution in [2.24, 2.45) is 4.99 Å². The zero-order valence-corrected chi connectivity index (χ0v) is 12.3. The Bertz CT molecular complexity index is 681. The van der Waals surface area contributed by atoms with E-state index in [2.05, 4.69) is 15.3 Å². The van der Waals surface area contributed by atoms with Crippen LogP contribution < -0.4 is 10.1 Å². The average molecular weight is 283 g/mol. The van der Waals surface area contributed by atoms with Crippen molar-refractivity contribution < 1.29 is 9.53 Å². The number of ether oxygens (including phenoxy) is 1. The van der Waals surface area contributed by atoms with Gasteiger partial charge in [-0.2, -0.15) is 0 Å². The molecular formula is C16H17N3O2. The van der Waals surface area contributed by atoms with Crippen LogP contribution in [-0.4, -0.2) is 31.2 Å². The summed E-state index contributed by atoms with van der Waals surface area (Å²) in [5, 5.41) is 2.53. The molecule has 0 spiro atoms. The number of aryl methyl sites for hydroxylation is 1. The molecule has 0 radical (unpaired) electrons. The fourth-order valence-electron chi connectivity index (χ4n) is 1.87. The van der Waals surface area contributed by atoms with Gasteiger partial charge in [0.15, 0.2) is 0 Å². The molecule has 5 heteroatoms. The summed E-state index contributed by atoms with van der Waals surface area (Å²) in [5.41, 5.74) is 2.33. The van der Waals surface area contributed by atoms with E-state index in [9.17, 15) is 4.79 Å². The second kappa shape index (κ2) is 6.65. The van der Waals surface area contributed by atoms with Gasteiger partial charge in [0.05, 0.1) is 0 Å². The minimum Gasteiger partial charge on any atom is -0.457 e. The molecule has 0 fully saturated rings. The fourth-order valence-corrected chi connectivity index (χ4v) is 1.87. The van der Waals surface area contributed by atoms with Gasteiger partial charge in [-0.15, -0.1) is 0 Å². The van der Waals surface area contributed by atoms with Gasteiger partial charge < -0.3 is 10.1 Å². The first-order valence-electron chi connectivity index (χ1n) is 6.53. The van der Waals surface area contributed by atoms with Crippen molar-refractivity contribution in [1.29, 1.82) is 0 Å². The van der Waals surface area contributed by atoms with Crippen molar-refractivity contribution >= 4 is 12.1 Å². The molecule has 0 aliphatic heterocycles. The number of nitrogens with zero attached hydrogens (tertiary/aromatic N) is 2. The molecule has 0 unspecified atom stereocenters. The van der Waals surface area contributed by atoms with Gasteiger partial charge in [-0.1, -0.05) is 0 Å². The van der Waals surface area contributed by atoms with Gasteiger partial charge in [-0.3, -0.25) is 14.8 Å². The normalized spacial score (nSPS) is 10.6. The van der Waals surface area contributed by atoms with Gasteiger partial charge in [-0.05, 0) is 42.3 Å². The van der Waals surface area contributed by atoms with E-state index in [1.54, 1.807) is 38.6 Å². The third kappa shape index (κ3) is 3.66. The van der Waals surface area contributed by atoms with Crippen LogP contribution in [0.1, 0.15) is 21.6 Å². The largest absolute Gasteiger partial charge is 0.457 e. The Morgan fingerprint density at radius 1 is 1.33 bits per heavy atom. The lowest BCUT2D eigenvalue weighted by atomic mass is 10.1. The van der Waals surface area contributed by atoms with Crippen molar-refractivity contribution in [1.82, 2.24) is 10.3 Å². The second-order valence-electron chi connectivity index (χ2n) is 4.47. The summed E-state index contributed by atoms with van der Waals surface area (Å²) in [6.45, 7) is 1.96. The summed E-state index contributed by atoms with van der Waals surface area (Å²) in [5.74, 6) is 1.06. The Hall–Kier alpha value is -2.69. The number of aromatic nitrogens is 1. The highest BCUT2D eigenvalue weighted by molar-refractivity contribution is 5.92. The molecule has 108 valence electrons. The monoisotopic (exact) mass is 283 g/mol. The van der Waals surface area contributed by atoms with Crippen LogP contribution in [-0.2, 0) is 0 Å². The van der Waals surface area contributed by atoms with Gasteiger partial charge in [0, 0.05) is 32.6 Å². The number of carbonyl (C=O) groups excluding carboxylic acids is 1. The van der Waals surface area contributed by atoms with Crippen LogP contribution in [0.4, 0.5) is 0 Å². The van der Waals surface area contributed by atoms with E-state index in [0.29, 0.717) is 11.4 Å². The lowest BCUT2D eigenvalue weighted by Gasteiger charge is -2.10. The Morgan fingerprint density at radius 3 is 2.81 bits per heavy atom. The van der Waals surface area contributed by atoms with Crippen LogP contribution in [0.15, 0.2) is 41.5 Å². The number of carbonyl (C=O) groups is 1. The summed E-state index contributed by atoms with van der Waals surface area (Å²) in [6, 6.07) is 9.12. The highest BCUT2D eigenvalue weighted by Crippen LogP contribution is 2.25. The van der Waals surface area contributed by atoms with E-state index in [-0.39, 0.29) is 5.91 Å². The first kappa shape index (κ1) is 14.7. The van der Waals surface area contributed by atoms with Gasteiger partial charge in [0.2, 0.25) is 0 Å². The number of benzene rings is 1. The van der Waals surface area contributed by atoms with Crippen LogP contribution >= 0.6 is 0 Å². The number of aliphatic imine (C=N–C) groups is 1. The van der Waals surface area contributed by atoms with Crippen molar-refractivity contribution in [3.63, 3.8) is 0 Å². The number of hydrogen-bond acceptors (Lipinski definition) is 4. The van der Waals surface area contributed by atoms with Crippen LogP contribution in [0, 0.1) is 6.92 Å². The highest BCUT2D eigenvalue weighted by atomic mass is 16.5. The zero-order valence-electron chi connectivity index (χ0n) is 12.3. The SMILES string of the molecule is CN=Cc1ccc(Oc2ccnc(C(=O)NC)c2)c(C)c1. The molecular weight excluding hydrogens is 266 g/mol. The molecule has 0 saturated heterocycles. The molecule has 0 saturated carbocycles. The first-order valence-corrected chi connectivity index (χ1v) is 6.53. The van der Waals surface area contributed by atoms with Crippen molar-refractivity contribution in [3.05, 3.63) is 53.3 Å². The summed E-state index contributed by atoms with van der Waals surface area (Å²) in [6.07, 6.45) is 3.33. The third-order valence-corrected chi connectivity index (χ3v) is 2.90. The lowest BCUT2D eigenvalue weighted by molar-refractivity contribution is 0.0958. The molecule has 1 aromatic heterocycles. The summed E-state index contributed by atoms with van der Waals surface area (Å²) in [7, 11) is 3.30. The maximum absolute atomic E-state index is 11.6. The van der Waals surface area contributed by atoms with E-state index in [1.807, 2.05) is 25.1 Å². The smallest absolute Gasteiger partial charge is 0.269 e. The van der Waals surface area contributed by atoms with E-state index < -0.39 is 0 Å². The first-order chi connectivity index (χ1) is 10.1.